The highest BCUT2D eigenvalue weighted by Gasteiger charge is 2.16. The SMILES string of the molecule is Nc1ccc2ncnc(N(CCO)CC(F)F)c2c1. The number of alkyl halides is 2. The molecule has 1 heterocycles. The fourth-order valence-corrected chi connectivity index (χ4v) is 1.88. The van der Waals surface area contributed by atoms with Gasteiger partial charge in [0.05, 0.1) is 18.7 Å². The van der Waals surface area contributed by atoms with Gasteiger partial charge in [-0.2, -0.15) is 0 Å². The van der Waals surface area contributed by atoms with Gasteiger partial charge in [0, 0.05) is 17.6 Å². The van der Waals surface area contributed by atoms with Crippen molar-refractivity contribution < 1.29 is 13.9 Å². The van der Waals surface area contributed by atoms with Gasteiger partial charge in [-0.05, 0) is 18.2 Å². The molecule has 0 aliphatic carbocycles. The van der Waals surface area contributed by atoms with Crippen LogP contribution in [-0.4, -0.2) is 41.2 Å². The van der Waals surface area contributed by atoms with Crippen molar-refractivity contribution in [2.24, 2.45) is 0 Å². The molecule has 0 bridgehead atoms. The molecule has 19 heavy (non-hydrogen) atoms. The maximum Gasteiger partial charge on any atom is 0.255 e. The normalized spacial score (nSPS) is 11.2. The number of benzene rings is 1. The molecule has 0 aliphatic rings. The summed E-state index contributed by atoms with van der Waals surface area (Å²) in [7, 11) is 0. The highest BCUT2D eigenvalue weighted by molar-refractivity contribution is 5.91. The quantitative estimate of drug-likeness (QED) is 0.799. The van der Waals surface area contributed by atoms with Crippen LogP contribution in [0, 0.1) is 0 Å². The molecule has 7 heteroatoms. The largest absolute Gasteiger partial charge is 0.399 e. The number of anilines is 2. The number of nitrogens with two attached hydrogens (primary N) is 1. The molecule has 102 valence electrons. The number of aliphatic hydroxyl groups is 1. The van der Waals surface area contributed by atoms with Crippen molar-refractivity contribution in [3.05, 3.63) is 24.5 Å². The van der Waals surface area contributed by atoms with E-state index in [4.69, 9.17) is 10.8 Å². The zero-order chi connectivity index (χ0) is 13.8. The Morgan fingerprint density at radius 2 is 2.11 bits per heavy atom. The minimum absolute atomic E-state index is 0.0747. The summed E-state index contributed by atoms with van der Waals surface area (Å²) in [5.41, 5.74) is 6.82. The predicted octanol–water partition coefficient (Wildman–Crippen LogP) is 1.28. The summed E-state index contributed by atoms with van der Waals surface area (Å²) in [5, 5.41) is 9.58. The number of hydrogen-bond donors (Lipinski definition) is 2. The first-order valence-corrected chi connectivity index (χ1v) is 5.76. The van der Waals surface area contributed by atoms with Gasteiger partial charge in [0.2, 0.25) is 0 Å². The fourth-order valence-electron chi connectivity index (χ4n) is 1.88. The number of aromatic nitrogens is 2. The summed E-state index contributed by atoms with van der Waals surface area (Å²) in [6.45, 7) is -0.659. The number of nitrogens with zero attached hydrogens (tertiary/aromatic N) is 3. The third-order valence-electron chi connectivity index (χ3n) is 2.67. The third kappa shape index (κ3) is 3.05. The monoisotopic (exact) mass is 268 g/mol. The van der Waals surface area contributed by atoms with E-state index in [0.717, 1.165) is 0 Å². The highest BCUT2D eigenvalue weighted by atomic mass is 19.3. The molecule has 3 N–H and O–H groups in total. The Hall–Kier alpha value is -2.02. The zero-order valence-corrected chi connectivity index (χ0v) is 10.1. The summed E-state index contributed by atoms with van der Waals surface area (Å²) in [6, 6.07) is 5.03. The van der Waals surface area contributed by atoms with Crippen molar-refractivity contribution >= 4 is 22.4 Å². The standard InChI is InChI=1S/C12H14F2N4O/c13-11(14)6-18(3-4-19)12-9-5-8(15)1-2-10(9)16-7-17-12/h1-2,5,7,11,19H,3-4,6,15H2. The second-order valence-corrected chi connectivity index (χ2v) is 4.03. The third-order valence-corrected chi connectivity index (χ3v) is 2.67. The highest BCUT2D eigenvalue weighted by Crippen LogP contribution is 2.25. The number of halogens is 2. The number of rotatable bonds is 5. The summed E-state index contributed by atoms with van der Waals surface area (Å²) in [6.07, 6.45) is -1.21. The van der Waals surface area contributed by atoms with Gasteiger partial charge in [-0.1, -0.05) is 0 Å². The van der Waals surface area contributed by atoms with E-state index < -0.39 is 13.0 Å². The minimum atomic E-state index is -2.52. The van der Waals surface area contributed by atoms with Crippen molar-refractivity contribution in [1.82, 2.24) is 9.97 Å². The van der Waals surface area contributed by atoms with Gasteiger partial charge in [0.25, 0.3) is 6.43 Å². The average molecular weight is 268 g/mol. The van der Waals surface area contributed by atoms with Crippen LogP contribution in [0.1, 0.15) is 0 Å². The van der Waals surface area contributed by atoms with Crippen molar-refractivity contribution in [3.63, 3.8) is 0 Å². The Kier molecular flexibility index (Phi) is 4.06. The van der Waals surface area contributed by atoms with Gasteiger partial charge in [0.1, 0.15) is 12.1 Å². The van der Waals surface area contributed by atoms with Crippen LogP contribution in [0.4, 0.5) is 20.3 Å². The van der Waals surface area contributed by atoms with Crippen LogP contribution in [0.5, 0.6) is 0 Å². The molecule has 0 radical (unpaired) electrons. The van der Waals surface area contributed by atoms with Crippen LogP contribution in [0.2, 0.25) is 0 Å². The number of fused-ring (bicyclic) bond motifs is 1. The summed E-state index contributed by atoms with van der Waals surface area (Å²) in [4.78, 5) is 9.42. The zero-order valence-electron chi connectivity index (χ0n) is 10.1. The molecule has 5 nitrogen and oxygen atoms in total. The van der Waals surface area contributed by atoms with E-state index >= 15 is 0 Å². The molecule has 1 aromatic heterocycles. The predicted molar refractivity (Wildman–Crippen MR) is 69.3 cm³/mol. The van der Waals surface area contributed by atoms with E-state index in [1.54, 1.807) is 18.2 Å². The molecular weight excluding hydrogens is 254 g/mol. The van der Waals surface area contributed by atoms with Gasteiger partial charge in [0.15, 0.2) is 0 Å². The summed E-state index contributed by atoms with van der Waals surface area (Å²) < 4.78 is 25.2. The molecule has 0 atom stereocenters. The second-order valence-electron chi connectivity index (χ2n) is 4.03. The summed E-state index contributed by atoms with van der Waals surface area (Å²) >= 11 is 0. The topological polar surface area (TPSA) is 75.3 Å². The van der Waals surface area contributed by atoms with Crippen molar-refractivity contribution in [3.8, 4) is 0 Å². The van der Waals surface area contributed by atoms with Crippen molar-refractivity contribution in [2.75, 3.05) is 30.3 Å². The number of nitrogen functional groups attached to an aromatic ring is 1. The van der Waals surface area contributed by atoms with Gasteiger partial charge in [-0.3, -0.25) is 0 Å². The molecule has 0 fully saturated rings. The Labute approximate surface area is 108 Å². The first-order valence-electron chi connectivity index (χ1n) is 5.76. The smallest absolute Gasteiger partial charge is 0.255 e. The molecule has 0 saturated heterocycles. The van der Waals surface area contributed by atoms with Crippen molar-refractivity contribution in [2.45, 2.75) is 6.43 Å². The molecule has 0 aliphatic heterocycles. The van der Waals surface area contributed by atoms with E-state index in [0.29, 0.717) is 22.4 Å². The Bertz CT molecular complexity index is 564. The van der Waals surface area contributed by atoms with E-state index in [1.165, 1.54) is 11.2 Å². The van der Waals surface area contributed by atoms with Crippen LogP contribution in [0.15, 0.2) is 24.5 Å². The Morgan fingerprint density at radius 3 is 2.79 bits per heavy atom. The van der Waals surface area contributed by atoms with Crippen LogP contribution in [-0.2, 0) is 0 Å². The minimum Gasteiger partial charge on any atom is -0.399 e. The molecule has 1 aromatic carbocycles. The van der Waals surface area contributed by atoms with E-state index in [9.17, 15) is 8.78 Å². The lowest BCUT2D eigenvalue weighted by Crippen LogP contribution is -2.32. The van der Waals surface area contributed by atoms with E-state index in [1.807, 2.05) is 0 Å². The second kappa shape index (κ2) is 5.75. The molecule has 0 saturated carbocycles. The van der Waals surface area contributed by atoms with E-state index in [2.05, 4.69) is 9.97 Å². The van der Waals surface area contributed by atoms with Crippen LogP contribution < -0.4 is 10.6 Å². The molecule has 0 spiro atoms. The Morgan fingerprint density at radius 1 is 1.32 bits per heavy atom. The number of hydrogen-bond acceptors (Lipinski definition) is 5. The maximum absolute atomic E-state index is 12.6. The first-order chi connectivity index (χ1) is 9.11. The maximum atomic E-state index is 12.6. The van der Waals surface area contributed by atoms with Gasteiger partial charge >= 0.3 is 0 Å². The van der Waals surface area contributed by atoms with Crippen LogP contribution in [0.25, 0.3) is 10.9 Å². The fraction of sp³-hybridized carbons (Fsp3) is 0.333. The average Bonchev–Trinajstić information content (AvgIpc) is 2.37. The van der Waals surface area contributed by atoms with Gasteiger partial charge in [-0.15, -0.1) is 0 Å². The molecular formula is C12H14F2N4O. The molecule has 0 unspecified atom stereocenters. The summed E-state index contributed by atoms with van der Waals surface area (Å²) in [5.74, 6) is 0.353. The molecule has 0 amide bonds. The van der Waals surface area contributed by atoms with Gasteiger partial charge < -0.3 is 15.7 Å². The van der Waals surface area contributed by atoms with Crippen LogP contribution >= 0.6 is 0 Å². The lowest BCUT2D eigenvalue weighted by atomic mass is 10.2. The number of aliphatic hydroxyl groups excluding tert-OH is 1. The molecule has 2 aromatic rings. The first kappa shape index (κ1) is 13.4. The van der Waals surface area contributed by atoms with E-state index in [-0.39, 0.29) is 13.2 Å². The Balaban J connectivity index is 2.48. The lowest BCUT2D eigenvalue weighted by molar-refractivity contribution is 0.152. The van der Waals surface area contributed by atoms with Gasteiger partial charge in [-0.25, -0.2) is 18.7 Å². The lowest BCUT2D eigenvalue weighted by Gasteiger charge is -2.23. The van der Waals surface area contributed by atoms with Crippen LogP contribution in [0.3, 0.4) is 0 Å². The van der Waals surface area contributed by atoms with Crippen molar-refractivity contribution in [1.29, 1.82) is 0 Å². The molecule has 2 rings (SSSR count).